The number of nitrogens with zero attached hydrogens (tertiary/aromatic N) is 5. The molecule has 1 N–H and O–H groups in total. The quantitative estimate of drug-likeness (QED) is 0.925. The first-order valence-electron chi connectivity index (χ1n) is 7.38. The molecule has 3 heterocycles. The van der Waals surface area contributed by atoms with Crippen LogP contribution in [0.1, 0.15) is 29.3 Å². The molecule has 0 bridgehead atoms. The van der Waals surface area contributed by atoms with Gasteiger partial charge >= 0.3 is 0 Å². The Morgan fingerprint density at radius 2 is 2.13 bits per heavy atom. The molecule has 1 fully saturated rings. The van der Waals surface area contributed by atoms with Crippen molar-refractivity contribution in [2.24, 2.45) is 7.05 Å². The van der Waals surface area contributed by atoms with Crippen LogP contribution < -0.4 is 5.32 Å². The van der Waals surface area contributed by atoms with Gasteiger partial charge in [0.1, 0.15) is 11.9 Å². The van der Waals surface area contributed by atoms with E-state index < -0.39 is 0 Å². The topological polar surface area (TPSA) is 86.8 Å². The Kier molecular flexibility index (Phi) is 3.74. The summed E-state index contributed by atoms with van der Waals surface area (Å²) in [6.45, 7) is 2.00. The van der Waals surface area contributed by atoms with Gasteiger partial charge in [-0.15, -0.1) is 0 Å². The van der Waals surface area contributed by atoms with Gasteiger partial charge in [0.2, 0.25) is 5.91 Å². The van der Waals surface area contributed by atoms with Crippen molar-refractivity contribution in [2.75, 3.05) is 12.4 Å². The SMILES string of the molecule is Cc1c([C@H]2[C@H](Nc3ccc(C#N)cn3)CC(=O)N2C)cnn1C. The van der Waals surface area contributed by atoms with Crippen LogP contribution in [0.25, 0.3) is 0 Å². The summed E-state index contributed by atoms with van der Waals surface area (Å²) in [5, 5.41) is 16.4. The summed E-state index contributed by atoms with van der Waals surface area (Å²) in [5.74, 6) is 0.744. The van der Waals surface area contributed by atoms with Gasteiger partial charge in [-0.3, -0.25) is 9.48 Å². The average molecular weight is 310 g/mol. The van der Waals surface area contributed by atoms with Crippen molar-refractivity contribution in [1.29, 1.82) is 5.26 Å². The molecule has 0 aliphatic carbocycles. The van der Waals surface area contributed by atoms with Crippen LogP contribution in [0, 0.1) is 18.3 Å². The van der Waals surface area contributed by atoms with Gasteiger partial charge in [0.15, 0.2) is 0 Å². The van der Waals surface area contributed by atoms with Gasteiger partial charge in [0.25, 0.3) is 0 Å². The highest BCUT2D eigenvalue weighted by molar-refractivity contribution is 5.81. The summed E-state index contributed by atoms with van der Waals surface area (Å²) in [4.78, 5) is 18.2. The lowest BCUT2D eigenvalue weighted by atomic mass is 10.0. The first kappa shape index (κ1) is 15.0. The molecule has 0 unspecified atom stereocenters. The number of carbonyl (C=O) groups is 1. The largest absolute Gasteiger partial charge is 0.364 e. The minimum absolute atomic E-state index is 0.0872. The van der Waals surface area contributed by atoms with E-state index in [2.05, 4.69) is 15.4 Å². The molecule has 0 saturated carbocycles. The maximum atomic E-state index is 12.2. The van der Waals surface area contributed by atoms with Gasteiger partial charge in [-0.05, 0) is 19.1 Å². The third-order valence-corrected chi connectivity index (χ3v) is 4.40. The number of nitriles is 1. The van der Waals surface area contributed by atoms with Crippen molar-refractivity contribution < 1.29 is 4.79 Å². The van der Waals surface area contributed by atoms with Gasteiger partial charge in [-0.2, -0.15) is 10.4 Å². The number of carbonyl (C=O) groups excluding carboxylic acids is 1. The van der Waals surface area contributed by atoms with E-state index in [0.717, 1.165) is 11.3 Å². The first-order valence-corrected chi connectivity index (χ1v) is 7.38. The van der Waals surface area contributed by atoms with Crippen LogP contribution in [0.3, 0.4) is 0 Å². The third-order valence-electron chi connectivity index (χ3n) is 4.40. The maximum Gasteiger partial charge on any atom is 0.225 e. The highest BCUT2D eigenvalue weighted by Gasteiger charge is 2.40. The molecule has 0 spiro atoms. The number of anilines is 1. The summed E-state index contributed by atoms with van der Waals surface area (Å²) in [6.07, 6.45) is 3.74. The average Bonchev–Trinajstić information content (AvgIpc) is 3.01. The number of rotatable bonds is 3. The number of amides is 1. The molecule has 23 heavy (non-hydrogen) atoms. The second-order valence-corrected chi connectivity index (χ2v) is 5.76. The van der Waals surface area contributed by atoms with E-state index in [0.29, 0.717) is 17.8 Å². The zero-order valence-electron chi connectivity index (χ0n) is 13.3. The van der Waals surface area contributed by atoms with Crippen LogP contribution in [-0.2, 0) is 11.8 Å². The minimum atomic E-state index is -0.0892. The fraction of sp³-hybridized carbons (Fsp3) is 0.375. The van der Waals surface area contributed by atoms with Gasteiger partial charge in [0, 0.05) is 38.0 Å². The number of hydrogen-bond acceptors (Lipinski definition) is 5. The summed E-state index contributed by atoms with van der Waals surface area (Å²) in [6, 6.07) is 5.33. The maximum absolute atomic E-state index is 12.2. The third kappa shape index (κ3) is 2.63. The second-order valence-electron chi connectivity index (χ2n) is 5.76. The normalized spacial score (nSPS) is 20.6. The van der Waals surface area contributed by atoms with Gasteiger partial charge < -0.3 is 10.2 Å². The van der Waals surface area contributed by atoms with Gasteiger partial charge in [-0.1, -0.05) is 0 Å². The lowest BCUT2D eigenvalue weighted by Crippen LogP contribution is -2.30. The van der Waals surface area contributed by atoms with Gasteiger partial charge in [0.05, 0.1) is 23.8 Å². The molecule has 1 aliphatic rings. The van der Waals surface area contributed by atoms with E-state index in [1.54, 1.807) is 17.0 Å². The molecule has 7 heteroatoms. The lowest BCUT2D eigenvalue weighted by Gasteiger charge is -2.25. The molecular formula is C16H18N6O. The number of nitrogens with one attached hydrogen (secondary N) is 1. The number of aryl methyl sites for hydroxylation is 1. The number of pyridine rings is 1. The molecule has 1 saturated heterocycles. The Morgan fingerprint density at radius 1 is 1.35 bits per heavy atom. The minimum Gasteiger partial charge on any atom is -0.364 e. The number of aromatic nitrogens is 3. The Labute approximate surface area is 134 Å². The summed E-state index contributed by atoms with van der Waals surface area (Å²) >= 11 is 0. The van der Waals surface area contributed by atoms with Crippen molar-refractivity contribution in [2.45, 2.75) is 25.4 Å². The van der Waals surface area contributed by atoms with Crippen molar-refractivity contribution in [3.8, 4) is 6.07 Å². The number of likely N-dealkylation sites (tertiary alicyclic amines) is 1. The molecule has 3 rings (SSSR count). The zero-order chi connectivity index (χ0) is 16.6. The van der Waals surface area contributed by atoms with Crippen LogP contribution in [0.4, 0.5) is 5.82 Å². The van der Waals surface area contributed by atoms with Crippen molar-refractivity contribution in [3.05, 3.63) is 41.3 Å². The fourth-order valence-corrected chi connectivity index (χ4v) is 2.97. The monoisotopic (exact) mass is 310 g/mol. The summed E-state index contributed by atoms with van der Waals surface area (Å²) in [7, 11) is 3.70. The highest BCUT2D eigenvalue weighted by atomic mass is 16.2. The van der Waals surface area contributed by atoms with E-state index >= 15 is 0 Å². The van der Waals surface area contributed by atoms with Crippen molar-refractivity contribution in [3.63, 3.8) is 0 Å². The van der Waals surface area contributed by atoms with Crippen molar-refractivity contribution >= 4 is 11.7 Å². The van der Waals surface area contributed by atoms with E-state index in [9.17, 15) is 4.79 Å². The van der Waals surface area contributed by atoms with E-state index in [4.69, 9.17) is 5.26 Å². The Bertz CT molecular complexity index is 773. The second kappa shape index (κ2) is 5.72. The molecular weight excluding hydrogens is 292 g/mol. The zero-order valence-corrected chi connectivity index (χ0v) is 13.3. The number of hydrogen-bond donors (Lipinski definition) is 1. The van der Waals surface area contributed by atoms with Crippen LogP contribution in [0.5, 0.6) is 0 Å². The summed E-state index contributed by atoms with van der Waals surface area (Å²) in [5.41, 5.74) is 2.58. The predicted molar refractivity (Wildman–Crippen MR) is 84.4 cm³/mol. The molecule has 2 atom stereocenters. The van der Waals surface area contributed by atoms with Crippen LogP contribution in [-0.4, -0.2) is 38.7 Å². The number of likely N-dealkylation sites (N-methyl/N-ethyl adjacent to an activating group) is 1. The molecule has 1 aliphatic heterocycles. The Morgan fingerprint density at radius 3 is 2.70 bits per heavy atom. The van der Waals surface area contributed by atoms with Gasteiger partial charge in [-0.25, -0.2) is 4.98 Å². The molecule has 7 nitrogen and oxygen atoms in total. The molecule has 2 aromatic heterocycles. The van der Waals surface area contributed by atoms with Crippen LogP contribution in [0.15, 0.2) is 24.5 Å². The predicted octanol–water partition coefficient (Wildman–Crippen LogP) is 1.38. The standard InChI is InChI=1S/C16H18N6O/c1-10-12(9-19-22(10)3)16-13(6-15(23)21(16)2)20-14-5-4-11(7-17)8-18-14/h4-5,8-9,13,16H,6H2,1-3H3,(H,18,20)/t13-,16+/m1/s1. The fourth-order valence-electron chi connectivity index (χ4n) is 2.97. The molecule has 2 aromatic rings. The molecule has 1 amide bonds. The van der Waals surface area contributed by atoms with E-state index in [-0.39, 0.29) is 18.0 Å². The highest BCUT2D eigenvalue weighted by Crippen LogP contribution is 2.35. The van der Waals surface area contributed by atoms with Crippen LogP contribution >= 0.6 is 0 Å². The van der Waals surface area contributed by atoms with E-state index in [1.807, 2.05) is 38.0 Å². The summed E-state index contributed by atoms with van der Waals surface area (Å²) < 4.78 is 1.81. The van der Waals surface area contributed by atoms with E-state index in [1.165, 1.54) is 6.20 Å². The first-order chi connectivity index (χ1) is 11.0. The smallest absolute Gasteiger partial charge is 0.225 e. The van der Waals surface area contributed by atoms with Crippen molar-refractivity contribution in [1.82, 2.24) is 19.7 Å². The molecule has 0 radical (unpaired) electrons. The molecule has 0 aromatic carbocycles. The molecule has 118 valence electrons. The lowest BCUT2D eigenvalue weighted by molar-refractivity contribution is -0.127. The Hall–Kier alpha value is -2.88. The Balaban J connectivity index is 1.88. The van der Waals surface area contributed by atoms with Crippen LogP contribution in [0.2, 0.25) is 0 Å².